The van der Waals surface area contributed by atoms with Gasteiger partial charge < -0.3 is 0 Å². The zero-order valence-electron chi connectivity index (χ0n) is 12.2. The molecular weight excluding hydrogens is 252 g/mol. The van der Waals surface area contributed by atoms with Crippen molar-refractivity contribution in [2.75, 3.05) is 0 Å². The van der Waals surface area contributed by atoms with Gasteiger partial charge in [-0.15, -0.1) is 0 Å². The first-order valence-electron chi connectivity index (χ1n) is 7.69. The van der Waals surface area contributed by atoms with Crippen molar-refractivity contribution in [3.63, 3.8) is 0 Å². The molecule has 0 amide bonds. The number of carbonyl (C=O) groups excluding carboxylic acids is 1. The average Bonchev–Trinajstić information content (AvgIpc) is 3.10. The highest BCUT2D eigenvalue weighted by molar-refractivity contribution is 7.07. The van der Waals surface area contributed by atoms with Gasteiger partial charge in [0, 0.05) is 12.3 Å². The van der Waals surface area contributed by atoms with Crippen molar-refractivity contribution in [1.82, 2.24) is 0 Å². The molecule has 0 aromatic carbocycles. The van der Waals surface area contributed by atoms with E-state index in [0.717, 1.165) is 31.6 Å². The molecule has 0 bridgehead atoms. The molecule has 106 valence electrons. The van der Waals surface area contributed by atoms with Gasteiger partial charge in [-0.05, 0) is 59.9 Å². The van der Waals surface area contributed by atoms with Crippen LogP contribution in [0.15, 0.2) is 16.8 Å². The topological polar surface area (TPSA) is 17.1 Å². The van der Waals surface area contributed by atoms with Crippen molar-refractivity contribution < 1.29 is 4.79 Å². The lowest BCUT2D eigenvalue weighted by Gasteiger charge is -2.14. The lowest BCUT2D eigenvalue weighted by Crippen LogP contribution is -2.13. The lowest BCUT2D eigenvalue weighted by atomic mass is 9.90. The first kappa shape index (κ1) is 14.8. The van der Waals surface area contributed by atoms with Gasteiger partial charge in [-0.3, -0.25) is 4.79 Å². The minimum atomic E-state index is 0.267. The second kappa shape index (κ2) is 7.23. The van der Waals surface area contributed by atoms with Gasteiger partial charge in [-0.2, -0.15) is 11.3 Å². The quantitative estimate of drug-likeness (QED) is 0.614. The molecule has 1 saturated carbocycles. The number of carbonyl (C=O) groups is 1. The van der Waals surface area contributed by atoms with E-state index >= 15 is 0 Å². The Balaban J connectivity index is 1.61. The van der Waals surface area contributed by atoms with Gasteiger partial charge >= 0.3 is 0 Å². The Morgan fingerprint density at radius 1 is 1.37 bits per heavy atom. The average molecular weight is 278 g/mol. The largest absolute Gasteiger partial charge is 0.299 e. The Bertz CT molecular complexity index is 378. The van der Waals surface area contributed by atoms with Crippen LogP contribution in [0.1, 0.15) is 57.9 Å². The van der Waals surface area contributed by atoms with E-state index in [4.69, 9.17) is 0 Å². The fourth-order valence-electron chi connectivity index (χ4n) is 2.61. The molecule has 2 atom stereocenters. The summed E-state index contributed by atoms with van der Waals surface area (Å²) in [6.07, 6.45) is 8.09. The molecule has 2 rings (SSSR count). The Kier molecular flexibility index (Phi) is 5.62. The minimum Gasteiger partial charge on any atom is -0.299 e. The first-order chi connectivity index (χ1) is 9.15. The Labute approximate surface area is 121 Å². The minimum absolute atomic E-state index is 0.267. The maximum Gasteiger partial charge on any atom is 0.135 e. The number of rotatable bonds is 9. The zero-order chi connectivity index (χ0) is 13.7. The molecule has 1 fully saturated rings. The van der Waals surface area contributed by atoms with Crippen LogP contribution in [0.5, 0.6) is 0 Å². The molecule has 2 heteroatoms. The van der Waals surface area contributed by atoms with Crippen molar-refractivity contribution in [2.45, 2.75) is 58.8 Å². The molecule has 19 heavy (non-hydrogen) atoms. The summed E-state index contributed by atoms with van der Waals surface area (Å²) in [7, 11) is 0. The summed E-state index contributed by atoms with van der Waals surface area (Å²) in [5.74, 6) is 2.33. The normalized spacial score (nSPS) is 18.2. The zero-order valence-corrected chi connectivity index (χ0v) is 13.0. The molecule has 1 aromatic rings. The summed E-state index contributed by atoms with van der Waals surface area (Å²) < 4.78 is 0. The maximum atomic E-state index is 12.0. The maximum absolute atomic E-state index is 12.0. The molecule has 0 radical (unpaired) electrons. The first-order valence-corrected chi connectivity index (χ1v) is 8.63. The number of ketones is 1. The highest BCUT2D eigenvalue weighted by atomic mass is 32.1. The molecule has 0 unspecified atom stereocenters. The van der Waals surface area contributed by atoms with E-state index < -0.39 is 0 Å². The SMILES string of the molecule is C[C@H](CC[C@@H](C)C(=O)CCC1CC1)Cc1ccsc1. The fraction of sp³-hybridized carbons (Fsp3) is 0.706. The van der Waals surface area contributed by atoms with E-state index in [1.54, 1.807) is 11.3 Å². The molecule has 1 nitrogen and oxygen atoms in total. The van der Waals surface area contributed by atoms with E-state index in [2.05, 4.69) is 30.7 Å². The molecule has 0 aliphatic heterocycles. The van der Waals surface area contributed by atoms with Crippen LogP contribution in [0.4, 0.5) is 0 Å². The molecule has 1 aromatic heterocycles. The Hall–Kier alpha value is -0.630. The van der Waals surface area contributed by atoms with Gasteiger partial charge in [0.05, 0.1) is 0 Å². The fourth-order valence-corrected chi connectivity index (χ4v) is 3.29. The Morgan fingerprint density at radius 3 is 2.79 bits per heavy atom. The molecule has 0 spiro atoms. The van der Waals surface area contributed by atoms with Crippen molar-refractivity contribution in [2.24, 2.45) is 17.8 Å². The van der Waals surface area contributed by atoms with Crippen LogP contribution in [-0.4, -0.2) is 5.78 Å². The Morgan fingerprint density at radius 2 is 2.16 bits per heavy atom. The highest BCUT2D eigenvalue weighted by Crippen LogP contribution is 2.34. The summed E-state index contributed by atoms with van der Waals surface area (Å²) in [6.45, 7) is 4.42. The number of thiophene rings is 1. The summed E-state index contributed by atoms with van der Waals surface area (Å²) in [5.41, 5.74) is 1.45. The standard InChI is InChI=1S/C17H26OS/c1-13(11-16-9-10-19-12-16)3-4-14(2)17(18)8-7-15-5-6-15/h9-10,12-15H,3-8,11H2,1-2H3/t13-,14-/m1/s1. The molecular formula is C17H26OS. The molecule has 1 aliphatic carbocycles. The van der Waals surface area contributed by atoms with Crippen LogP contribution < -0.4 is 0 Å². The van der Waals surface area contributed by atoms with Crippen molar-refractivity contribution in [1.29, 1.82) is 0 Å². The number of Topliss-reactive ketones (excluding diaryl/α,β-unsaturated/α-hetero) is 1. The van der Waals surface area contributed by atoms with Crippen LogP contribution in [0.25, 0.3) is 0 Å². The third-order valence-corrected chi connectivity index (χ3v) is 5.03. The predicted octanol–water partition coefficient (Wildman–Crippen LogP) is 5.10. The molecule has 1 aliphatic rings. The number of hydrogen-bond donors (Lipinski definition) is 0. The van der Waals surface area contributed by atoms with Gasteiger partial charge in [0.15, 0.2) is 0 Å². The number of hydrogen-bond acceptors (Lipinski definition) is 2. The van der Waals surface area contributed by atoms with Crippen molar-refractivity contribution in [3.8, 4) is 0 Å². The van der Waals surface area contributed by atoms with E-state index in [-0.39, 0.29) is 5.92 Å². The van der Waals surface area contributed by atoms with E-state index in [1.165, 1.54) is 24.8 Å². The van der Waals surface area contributed by atoms with Gasteiger partial charge in [0.2, 0.25) is 0 Å². The smallest absolute Gasteiger partial charge is 0.135 e. The second-order valence-corrected chi connectivity index (χ2v) is 7.15. The van der Waals surface area contributed by atoms with Crippen LogP contribution in [0.2, 0.25) is 0 Å². The molecule has 0 N–H and O–H groups in total. The summed E-state index contributed by atoms with van der Waals surface area (Å²) >= 11 is 1.77. The van der Waals surface area contributed by atoms with Crippen molar-refractivity contribution in [3.05, 3.63) is 22.4 Å². The van der Waals surface area contributed by atoms with E-state index in [1.807, 2.05) is 0 Å². The summed E-state index contributed by atoms with van der Waals surface area (Å²) in [5, 5.41) is 4.38. The third-order valence-electron chi connectivity index (χ3n) is 4.30. The highest BCUT2D eigenvalue weighted by Gasteiger charge is 2.23. The van der Waals surface area contributed by atoms with Gasteiger partial charge in [-0.1, -0.05) is 26.7 Å². The van der Waals surface area contributed by atoms with Gasteiger partial charge in [-0.25, -0.2) is 0 Å². The van der Waals surface area contributed by atoms with Gasteiger partial charge in [0.25, 0.3) is 0 Å². The molecule has 0 saturated heterocycles. The summed E-state index contributed by atoms with van der Waals surface area (Å²) in [4.78, 5) is 12.0. The third kappa shape index (κ3) is 5.48. The monoisotopic (exact) mass is 278 g/mol. The van der Waals surface area contributed by atoms with Crippen LogP contribution in [-0.2, 0) is 11.2 Å². The van der Waals surface area contributed by atoms with Crippen LogP contribution >= 0.6 is 11.3 Å². The van der Waals surface area contributed by atoms with Crippen LogP contribution in [0, 0.1) is 17.8 Å². The van der Waals surface area contributed by atoms with E-state index in [0.29, 0.717) is 11.7 Å². The van der Waals surface area contributed by atoms with Gasteiger partial charge in [0.1, 0.15) is 5.78 Å². The molecule has 1 heterocycles. The predicted molar refractivity (Wildman–Crippen MR) is 82.6 cm³/mol. The lowest BCUT2D eigenvalue weighted by molar-refractivity contribution is -0.122. The second-order valence-electron chi connectivity index (χ2n) is 6.37. The summed E-state index contributed by atoms with van der Waals surface area (Å²) in [6, 6.07) is 2.21. The van der Waals surface area contributed by atoms with Crippen LogP contribution in [0.3, 0.4) is 0 Å². The van der Waals surface area contributed by atoms with Crippen molar-refractivity contribution >= 4 is 17.1 Å². The van der Waals surface area contributed by atoms with E-state index in [9.17, 15) is 4.79 Å².